The smallest absolute Gasteiger partial charge is 0.341 e. The van der Waals surface area contributed by atoms with Crippen molar-refractivity contribution in [1.29, 1.82) is 0 Å². The van der Waals surface area contributed by atoms with Gasteiger partial charge in [0.05, 0.1) is 10.6 Å². The molecule has 4 nitrogen and oxygen atoms in total. The third-order valence-corrected chi connectivity index (χ3v) is 4.75. The molecule has 0 amide bonds. The molecule has 0 bridgehead atoms. The second-order valence-corrected chi connectivity index (χ2v) is 6.70. The fraction of sp³-hybridized carbons (Fsp3) is 0.538. The van der Waals surface area contributed by atoms with Crippen LogP contribution in [0.25, 0.3) is 0 Å². The first-order valence-electron chi connectivity index (χ1n) is 6.27. The van der Waals surface area contributed by atoms with Crippen molar-refractivity contribution in [3.63, 3.8) is 0 Å². The van der Waals surface area contributed by atoms with Crippen LogP contribution in [0.15, 0.2) is 29.2 Å². The van der Waals surface area contributed by atoms with Gasteiger partial charge in [-0.2, -0.15) is 8.78 Å². The van der Waals surface area contributed by atoms with Crippen LogP contribution in [0.3, 0.4) is 0 Å². The summed E-state index contributed by atoms with van der Waals surface area (Å²) in [4.78, 5) is -0.424. The topological polar surface area (TPSA) is 66.4 Å². The minimum Gasteiger partial charge on any atom is -0.396 e. The van der Waals surface area contributed by atoms with Crippen LogP contribution in [-0.2, 0) is 9.84 Å². The third-order valence-electron chi connectivity index (χ3n) is 3.31. The first-order chi connectivity index (χ1) is 9.27. The number of anilines is 1. The van der Waals surface area contributed by atoms with E-state index in [0.717, 1.165) is 6.07 Å². The van der Waals surface area contributed by atoms with Crippen molar-refractivity contribution in [3.05, 3.63) is 24.3 Å². The first kappa shape index (κ1) is 16.8. The first-order valence-corrected chi connectivity index (χ1v) is 7.81. The molecule has 1 atom stereocenters. The van der Waals surface area contributed by atoms with E-state index in [4.69, 9.17) is 5.11 Å². The Bertz CT molecular complexity index is 548. The van der Waals surface area contributed by atoms with Crippen LogP contribution in [0.2, 0.25) is 0 Å². The number of hydrogen-bond acceptors (Lipinski definition) is 4. The number of aliphatic hydroxyl groups excluding tert-OH is 1. The molecule has 0 saturated heterocycles. The van der Waals surface area contributed by atoms with Crippen LogP contribution in [0, 0.1) is 0 Å². The van der Waals surface area contributed by atoms with Gasteiger partial charge >= 0.3 is 5.76 Å². The third kappa shape index (κ3) is 3.67. The van der Waals surface area contributed by atoms with Crippen molar-refractivity contribution >= 4 is 15.5 Å². The quantitative estimate of drug-likeness (QED) is 0.813. The average Bonchev–Trinajstić information content (AvgIpc) is 2.39. The number of halogens is 2. The minimum atomic E-state index is -4.66. The predicted molar refractivity (Wildman–Crippen MR) is 73.7 cm³/mol. The maximum absolute atomic E-state index is 12.7. The van der Waals surface area contributed by atoms with Crippen LogP contribution >= 0.6 is 0 Å². The van der Waals surface area contributed by atoms with Crippen molar-refractivity contribution in [1.82, 2.24) is 0 Å². The van der Waals surface area contributed by atoms with Crippen LogP contribution < -0.4 is 5.32 Å². The van der Waals surface area contributed by atoms with E-state index in [1.54, 1.807) is 13.0 Å². The molecule has 1 unspecified atom stereocenters. The highest BCUT2D eigenvalue weighted by Gasteiger charge is 2.31. The average molecular weight is 307 g/mol. The van der Waals surface area contributed by atoms with Crippen molar-refractivity contribution in [3.8, 4) is 0 Å². The van der Waals surface area contributed by atoms with Gasteiger partial charge in [-0.05, 0) is 31.9 Å². The summed E-state index contributed by atoms with van der Waals surface area (Å²) in [6.07, 6.45) is 0.989. The zero-order chi connectivity index (χ0) is 15.4. The molecule has 0 aliphatic carbocycles. The standard InChI is InChI=1S/C13H19F2NO3S/c1-3-13(2,8-9-17)16-10-6-4-5-7-11(10)20(18,19)12(14)15/h4-7,12,16-17H,3,8-9H2,1-2H3. The van der Waals surface area contributed by atoms with E-state index in [0.29, 0.717) is 12.8 Å². The molecule has 1 aromatic rings. The number of para-hydroxylation sites is 1. The number of hydrogen-bond donors (Lipinski definition) is 2. The molecule has 114 valence electrons. The van der Waals surface area contributed by atoms with Gasteiger partial charge in [0.1, 0.15) is 0 Å². The number of aliphatic hydroxyl groups is 1. The molecule has 0 aromatic heterocycles. The van der Waals surface area contributed by atoms with E-state index >= 15 is 0 Å². The molecule has 0 aliphatic heterocycles. The number of benzene rings is 1. The van der Waals surface area contributed by atoms with Crippen LogP contribution in [0.4, 0.5) is 14.5 Å². The molecular formula is C13H19F2NO3S. The lowest BCUT2D eigenvalue weighted by Crippen LogP contribution is -2.35. The molecule has 1 rings (SSSR count). The van der Waals surface area contributed by atoms with Gasteiger partial charge in [-0.3, -0.25) is 0 Å². The largest absolute Gasteiger partial charge is 0.396 e. The molecule has 1 aromatic carbocycles. The molecule has 0 heterocycles. The van der Waals surface area contributed by atoms with Crippen molar-refractivity contribution in [2.75, 3.05) is 11.9 Å². The molecule has 2 N–H and O–H groups in total. The summed E-state index contributed by atoms with van der Waals surface area (Å²) in [6.45, 7) is 3.59. The Hall–Kier alpha value is -1.21. The Labute approximate surface area is 117 Å². The van der Waals surface area contributed by atoms with E-state index < -0.39 is 26.0 Å². The van der Waals surface area contributed by atoms with Gasteiger partial charge in [0.15, 0.2) is 0 Å². The summed E-state index contributed by atoms with van der Waals surface area (Å²) < 4.78 is 48.7. The summed E-state index contributed by atoms with van der Waals surface area (Å²) in [5.41, 5.74) is -0.437. The van der Waals surface area contributed by atoms with Crippen molar-refractivity contribution in [2.24, 2.45) is 0 Å². The second-order valence-electron chi connectivity index (χ2n) is 4.81. The monoisotopic (exact) mass is 307 g/mol. The zero-order valence-corrected chi connectivity index (χ0v) is 12.3. The van der Waals surface area contributed by atoms with Gasteiger partial charge in [-0.15, -0.1) is 0 Å². The minimum absolute atomic E-state index is 0.0822. The molecule has 20 heavy (non-hydrogen) atoms. The summed E-state index contributed by atoms with van der Waals surface area (Å²) >= 11 is 0. The van der Waals surface area contributed by atoms with Gasteiger partial charge < -0.3 is 10.4 Å². The van der Waals surface area contributed by atoms with E-state index in [-0.39, 0.29) is 12.3 Å². The van der Waals surface area contributed by atoms with Gasteiger partial charge in [-0.1, -0.05) is 19.1 Å². The SMILES string of the molecule is CCC(C)(CCO)Nc1ccccc1S(=O)(=O)C(F)F. The summed E-state index contributed by atoms with van der Waals surface area (Å²) in [5, 5.41) is 12.0. The number of alkyl halides is 2. The Morgan fingerprint density at radius 1 is 1.35 bits per heavy atom. The van der Waals surface area contributed by atoms with Gasteiger partial charge in [0.25, 0.3) is 0 Å². The van der Waals surface area contributed by atoms with E-state index in [9.17, 15) is 17.2 Å². The fourth-order valence-corrected chi connectivity index (χ4v) is 2.70. The maximum atomic E-state index is 12.7. The van der Waals surface area contributed by atoms with Crippen LogP contribution in [0.5, 0.6) is 0 Å². The predicted octanol–water partition coefficient (Wildman–Crippen LogP) is 2.65. The van der Waals surface area contributed by atoms with Gasteiger partial charge in [-0.25, -0.2) is 8.42 Å². The Kier molecular flexibility index (Phi) is 5.47. The molecule has 0 saturated carbocycles. The zero-order valence-electron chi connectivity index (χ0n) is 11.4. The van der Waals surface area contributed by atoms with Crippen LogP contribution in [0.1, 0.15) is 26.7 Å². The maximum Gasteiger partial charge on any atom is 0.341 e. The normalized spacial score (nSPS) is 15.1. The number of nitrogens with one attached hydrogen (secondary N) is 1. The van der Waals surface area contributed by atoms with Gasteiger partial charge in [0, 0.05) is 12.1 Å². The van der Waals surface area contributed by atoms with Gasteiger partial charge in [0.2, 0.25) is 9.84 Å². The molecule has 0 fully saturated rings. The van der Waals surface area contributed by atoms with Crippen molar-refractivity contribution < 1.29 is 22.3 Å². The molecule has 0 spiro atoms. The highest BCUT2D eigenvalue weighted by molar-refractivity contribution is 7.91. The lowest BCUT2D eigenvalue weighted by molar-refractivity contribution is 0.234. The molecule has 0 radical (unpaired) electrons. The molecule has 0 aliphatic rings. The fourth-order valence-electron chi connectivity index (χ4n) is 1.81. The molecular weight excluding hydrogens is 288 g/mol. The van der Waals surface area contributed by atoms with E-state index in [1.807, 2.05) is 6.92 Å². The van der Waals surface area contributed by atoms with Crippen molar-refractivity contribution in [2.45, 2.75) is 42.9 Å². The number of sulfone groups is 1. The van der Waals surface area contributed by atoms with E-state index in [2.05, 4.69) is 5.32 Å². The summed E-state index contributed by atoms with van der Waals surface area (Å²) in [7, 11) is -4.66. The lowest BCUT2D eigenvalue weighted by atomic mass is 9.94. The van der Waals surface area contributed by atoms with E-state index in [1.165, 1.54) is 12.1 Å². The molecule has 7 heteroatoms. The van der Waals surface area contributed by atoms with Crippen LogP contribution in [-0.4, -0.2) is 31.4 Å². The summed E-state index contributed by atoms with van der Waals surface area (Å²) in [6, 6.07) is 5.57. The Morgan fingerprint density at radius 3 is 2.45 bits per heavy atom. The lowest BCUT2D eigenvalue weighted by Gasteiger charge is -2.31. The highest BCUT2D eigenvalue weighted by Crippen LogP contribution is 2.30. The summed E-state index contributed by atoms with van der Waals surface area (Å²) in [5.74, 6) is -3.46. The Morgan fingerprint density at radius 2 is 1.95 bits per heavy atom. The Balaban J connectivity index is 3.21. The number of rotatable bonds is 7. The highest BCUT2D eigenvalue weighted by atomic mass is 32.2. The second kappa shape index (κ2) is 6.49.